The molecule has 0 aromatic heterocycles. The van der Waals surface area contributed by atoms with Crippen LogP contribution in [0, 0.1) is 11.8 Å². The Kier molecular flexibility index (Phi) is 6.42. The second-order valence-corrected chi connectivity index (χ2v) is 10.3. The van der Waals surface area contributed by atoms with Crippen molar-refractivity contribution in [3.05, 3.63) is 35.9 Å². The second kappa shape index (κ2) is 9.40. The molecule has 1 aromatic carbocycles. The molecule has 0 spiro atoms. The Labute approximate surface area is 182 Å². The Balaban J connectivity index is 1.01. The summed E-state index contributed by atoms with van der Waals surface area (Å²) in [6.45, 7) is 7.06. The van der Waals surface area contributed by atoms with Gasteiger partial charge < -0.3 is 14.7 Å². The minimum absolute atomic E-state index is 0.304. The number of carbonyl (C=O) groups is 1. The predicted molar refractivity (Wildman–Crippen MR) is 121 cm³/mol. The van der Waals surface area contributed by atoms with Gasteiger partial charge in [0.1, 0.15) is 0 Å². The number of carbonyl (C=O) groups excluding carboxylic acids is 1. The van der Waals surface area contributed by atoms with E-state index in [4.69, 9.17) is 0 Å². The molecule has 0 unspecified atom stereocenters. The van der Waals surface area contributed by atoms with Crippen LogP contribution in [0.2, 0.25) is 0 Å². The van der Waals surface area contributed by atoms with Crippen LogP contribution < -0.4 is 0 Å². The molecule has 164 valence electrons. The van der Waals surface area contributed by atoms with Crippen molar-refractivity contribution in [1.82, 2.24) is 14.7 Å². The van der Waals surface area contributed by atoms with E-state index < -0.39 is 0 Å². The molecular formula is C26H39N3O. The van der Waals surface area contributed by atoms with Crippen molar-refractivity contribution in [1.29, 1.82) is 0 Å². The number of hydrogen-bond donors (Lipinski definition) is 0. The third kappa shape index (κ3) is 4.60. The maximum Gasteiger partial charge on any atom is 0.226 e. The minimum atomic E-state index is 0.304. The van der Waals surface area contributed by atoms with Crippen molar-refractivity contribution in [2.45, 2.75) is 69.9 Å². The molecule has 1 aromatic rings. The van der Waals surface area contributed by atoms with Crippen LogP contribution in [0.15, 0.2) is 30.3 Å². The summed E-state index contributed by atoms with van der Waals surface area (Å²) in [5.41, 5.74) is 1.46. The molecule has 1 saturated carbocycles. The van der Waals surface area contributed by atoms with E-state index in [1.807, 2.05) is 0 Å². The highest BCUT2D eigenvalue weighted by molar-refractivity contribution is 5.79. The Morgan fingerprint density at radius 3 is 2.30 bits per heavy atom. The van der Waals surface area contributed by atoms with Crippen LogP contribution in [0.3, 0.4) is 0 Å². The summed E-state index contributed by atoms with van der Waals surface area (Å²) >= 11 is 0. The normalized spacial score (nSPS) is 29.0. The summed E-state index contributed by atoms with van der Waals surface area (Å²) in [5, 5.41) is 0. The number of benzene rings is 1. The summed E-state index contributed by atoms with van der Waals surface area (Å²) in [5.74, 6) is 1.62. The van der Waals surface area contributed by atoms with Gasteiger partial charge in [0.05, 0.1) is 0 Å². The maximum atomic E-state index is 13.0. The van der Waals surface area contributed by atoms with Crippen LogP contribution in [-0.4, -0.2) is 72.0 Å². The molecule has 4 fully saturated rings. The van der Waals surface area contributed by atoms with Gasteiger partial charge in [-0.2, -0.15) is 0 Å². The fraction of sp³-hybridized carbons (Fsp3) is 0.731. The predicted octanol–water partition coefficient (Wildman–Crippen LogP) is 3.81. The fourth-order valence-electron chi connectivity index (χ4n) is 6.60. The summed E-state index contributed by atoms with van der Waals surface area (Å²) in [6.07, 6.45) is 11.2. The van der Waals surface area contributed by atoms with Gasteiger partial charge in [0, 0.05) is 24.5 Å². The van der Waals surface area contributed by atoms with Crippen LogP contribution in [0.1, 0.15) is 56.9 Å². The van der Waals surface area contributed by atoms with Crippen molar-refractivity contribution >= 4 is 5.91 Å². The smallest absolute Gasteiger partial charge is 0.226 e. The van der Waals surface area contributed by atoms with Gasteiger partial charge in [-0.15, -0.1) is 0 Å². The minimum Gasteiger partial charge on any atom is -0.339 e. The molecule has 5 rings (SSSR count). The van der Waals surface area contributed by atoms with E-state index in [0.29, 0.717) is 17.9 Å². The molecule has 0 N–H and O–H groups in total. The lowest BCUT2D eigenvalue weighted by molar-refractivity contribution is -0.139. The molecule has 3 heterocycles. The largest absolute Gasteiger partial charge is 0.339 e. The number of amides is 1. The van der Waals surface area contributed by atoms with Crippen molar-refractivity contribution in [2.24, 2.45) is 11.8 Å². The van der Waals surface area contributed by atoms with Gasteiger partial charge in [-0.05, 0) is 102 Å². The number of hydrogen-bond acceptors (Lipinski definition) is 3. The zero-order valence-corrected chi connectivity index (χ0v) is 18.6. The Morgan fingerprint density at radius 1 is 0.867 bits per heavy atom. The quantitative estimate of drug-likeness (QED) is 0.715. The molecular weight excluding hydrogens is 370 g/mol. The van der Waals surface area contributed by atoms with Crippen molar-refractivity contribution in [3.63, 3.8) is 0 Å². The number of aryl methyl sites for hydroxylation is 1. The molecule has 0 radical (unpaired) electrons. The van der Waals surface area contributed by atoms with E-state index in [-0.39, 0.29) is 0 Å². The molecule has 3 saturated heterocycles. The number of likely N-dealkylation sites (tertiary alicyclic amines) is 3. The molecule has 1 aliphatic carbocycles. The van der Waals surface area contributed by atoms with Crippen LogP contribution in [-0.2, 0) is 11.2 Å². The van der Waals surface area contributed by atoms with E-state index in [0.717, 1.165) is 44.4 Å². The number of piperidine rings is 3. The number of fused-ring (bicyclic) bond motifs is 2. The maximum absolute atomic E-state index is 13.0. The lowest BCUT2D eigenvalue weighted by Crippen LogP contribution is -2.50. The molecule has 3 aliphatic heterocycles. The van der Waals surface area contributed by atoms with E-state index in [9.17, 15) is 4.79 Å². The molecule has 2 bridgehead atoms. The first-order valence-corrected chi connectivity index (χ1v) is 12.6. The summed E-state index contributed by atoms with van der Waals surface area (Å²) in [7, 11) is 0. The van der Waals surface area contributed by atoms with E-state index >= 15 is 0 Å². The zero-order valence-electron chi connectivity index (χ0n) is 18.6. The fourth-order valence-corrected chi connectivity index (χ4v) is 6.60. The first kappa shape index (κ1) is 20.5. The van der Waals surface area contributed by atoms with Crippen molar-refractivity contribution in [2.75, 3.05) is 39.3 Å². The van der Waals surface area contributed by atoms with Gasteiger partial charge in [-0.1, -0.05) is 30.3 Å². The first-order chi connectivity index (χ1) is 14.8. The van der Waals surface area contributed by atoms with Crippen molar-refractivity contribution in [3.8, 4) is 0 Å². The standard InChI is InChI=1S/C26H39N3O/c30-26(29-20-22-8-9-25(29)19-22)23-10-17-28(18-11-23)24-12-15-27(16-13-24)14-4-7-21-5-2-1-3-6-21/h1-3,5-6,22-25H,4,7-20H2/t22-,25-/m0/s1. The molecule has 1 amide bonds. The summed E-state index contributed by atoms with van der Waals surface area (Å²) in [4.78, 5) is 20.7. The third-order valence-electron chi connectivity index (χ3n) is 8.43. The van der Waals surface area contributed by atoms with E-state index in [1.54, 1.807) is 0 Å². The monoisotopic (exact) mass is 409 g/mol. The van der Waals surface area contributed by atoms with Gasteiger partial charge in [0.25, 0.3) is 0 Å². The number of nitrogens with zero attached hydrogens (tertiary/aromatic N) is 3. The Hall–Kier alpha value is -1.39. The topological polar surface area (TPSA) is 26.8 Å². The molecule has 4 nitrogen and oxygen atoms in total. The molecule has 2 atom stereocenters. The molecule has 4 heteroatoms. The Morgan fingerprint density at radius 2 is 1.63 bits per heavy atom. The highest BCUT2D eigenvalue weighted by Crippen LogP contribution is 2.39. The van der Waals surface area contributed by atoms with Gasteiger partial charge in [-0.25, -0.2) is 0 Å². The second-order valence-electron chi connectivity index (χ2n) is 10.3. The average Bonchev–Trinajstić information content (AvgIpc) is 3.44. The highest BCUT2D eigenvalue weighted by atomic mass is 16.2. The van der Waals surface area contributed by atoms with E-state index in [1.165, 1.54) is 70.1 Å². The van der Waals surface area contributed by atoms with Crippen LogP contribution in [0.4, 0.5) is 0 Å². The third-order valence-corrected chi connectivity index (χ3v) is 8.43. The average molecular weight is 410 g/mol. The van der Waals surface area contributed by atoms with Gasteiger partial charge in [-0.3, -0.25) is 4.79 Å². The van der Waals surface area contributed by atoms with Gasteiger partial charge >= 0.3 is 0 Å². The van der Waals surface area contributed by atoms with Gasteiger partial charge in [0.15, 0.2) is 0 Å². The highest BCUT2D eigenvalue weighted by Gasteiger charge is 2.42. The summed E-state index contributed by atoms with van der Waals surface area (Å²) in [6, 6.07) is 12.2. The zero-order chi connectivity index (χ0) is 20.3. The molecule has 4 aliphatic rings. The van der Waals surface area contributed by atoms with Crippen LogP contribution in [0.5, 0.6) is 0 Å². The van der Waals surface area contributed by atoms with Crippen LogP contribution >= 0.6 is 0 Å². The van der Waals surface area contributed by atoms with Crippen molar-refractivity contribution < 1.29 is 4.79 Å². The van der Waals surface area contributed by atoms with E-state index in [2.05, 4.69) is 45.0 Å². The lowest BCUT2D eigenvalue weighted by atomic mass is 9.91. The van der Waals surface area contributed by atoms with Gasteiger partial charge in [0.2, 0.25) is 5.91 Å². The SMILES string of the molecule is O=C(C1CCN(C2CCN(CCCc3ccccc3)CC2)CC1)N1C[C@H]2CC[C@H]1C2. The number of rotatable bonds is 6. The summed E-state index contributed by atoms with van der Waals surface area (Å²) < 4.78 is 0. The first-order valence-electron chi connectivity index (χ1n) is 12.6. The lowest BCUT2D eigenvalue weighted by Gasteiger charge is -2.42. The molecule has 30 heavy (non-hydrogen) atoms. The van der Waals surface area contributed by atoms with Crippen LogP contribution in [0.25, 0.3) is 0 Å². The Bertz CT molecular complexity index is 691.